The summed E-state index contributed by atoms with van der Waals surface area (Å²) in [6, 6.07) is 3.02. The van der Waals surface area contributed by atoms with Gasteiger partial charge in [-0.25, -0.2) is 9.78 Å². The van der Waals surface area contributed by atoms with Gasteiger partial charge in [-0.1, -0.05) is 16.8 Å². The van der Waals surface area contributed by atoms with Gasteiger partial charge in [0.15, 0.2) is 5.69 Å². The first-order valence-corrected chi connectivity index (χ1v) is 5.49. The predicted octanol–water partition coefficient (Wildman–Crippen LogP) is 1.98. The van der Waals surface area contributed by atoms with Crippen molar-refractivity contribution in [3.63, 3.8) is 0 Å². The summed E-state index contributed by atoms with van der Waals surface area (Å²) < 4.78 is 4.70. The molecule has 19 heavy (non-hydrogen) atoms. The number of aromatic nitrogens is 2. The zero-order valence-electron chi connectivity index (χ0n) is 9.68. The molecular weight excluding hydrogens is 274 g/mol. The summed E-state index contributed by atoms with van der Waals surface area (Å²) in [6.45, 7) is 1.41. The molecule has 0 aliphatic rings. The van der Waals surface area contributed by atoms with Crippen LogP contribution in [-0.2, 0) is 0 Å². The Bertz CT molecular complexity index is 636. The molecule has 2 rings (SSSR count). The summed E-state index contributed by atoms with van der Waals surface area (Å²) >= 11 is 5.66. The van der Waals surface area contributed by atoms with Gasteiger partial charge >= 0.3 is 5.97 Å². The summed E-state index contributed by atoms with van der Waals surface area (Å²) in [4.78, 5) is 26.7. The molecule has 2 heterocycles. The molecule has 0 fully saturated rings. The first kappa shape index (κ1) is 13.0. The summed E-state index contributed by atoms with van der Waals surface area (Å²) in [5.41, 5.74) is -0.576. The molecule has 0 aromatic carbocycles. The molecule has 2 aromatic heterocycles. The average Bonchev–Trinajstić information content (AvgIpc) is 2.74. The van der Waals surface area contributed by atoms with E-state index in [-0.39, 0.29) is 22.8 Å². The lowest BCUT2D eigenvalue weighted by Crippen LogP contribution is -2.17. The minimum atomic E-state index is -1.28. The molecule has 8 heteroatoms. The van der Waals surface area contributed by atoms with Crippen LogP contribution in [0.4, 0.5) is 5.82 Å². The second-order valence-corrected chi connectivity index (χ2v) is 4.02. The molecule has 0 unspecified atom stereocenters. The average molecular weight is 282 g/mol. The van der Waals surface area contributed by atoms with Crippen LogP contribution in [-0.4, -0.2) is 27.1 Å². The Morgan fingerprint density at radius 2 is 2.16 bits per heavy atom. The summed E-state index contributed by atoms with van der Waals surface area (Å²) in [6.07, 6.45) is 1.35. The number of carbonyl (C=O) groups is 2. The van der Waals surface area contributed by atoms with Crippen LogP contribution >= 0.6 is 11.6 Å². The normalized spacial score (nSPS) is 10.2. The molecule has 0 spiro atoms. The van der Waals surface area contributed by atoms with Crippen LogP contribution < -0.4 is 5.32 Å². The van der Waals surface area contributed by atoms with E-state index in [0.717, 1.165) is 0 Å². The fraction of sp³-hybridized carbons (Fsp3) is 0.0909. The lowest BCUT2D eigenvalue weighted by atomic mass is 10.2. The quantitative estimate of drug-likeness (QED) is 0.891. The van der Waals surface area contributed by atoms with Crippen molar-refractivity contribution >= 4 is 29.3 Å². The van der Waals surface area contributed by atoms with E-state index in [1.807, 2.05) is 0 Å². The van der Waals surface area contributed by atoms with Gasteiger partial charge in [-0.15, -0.1) is 0 Å². The van der Waals surface area contributed by atoms with E-state index in [4.69, 9.17) is 21.2 Å². The van der Waals surface area contributed by atoms with Gasteiger partial charge < -0.3 is 14.9 Å². The van der Waals surface area contributed by atoms with Gasteiger partial charge in [0.1, 0.15) is 17.1 Å². The van der Waals surface area contributed by atoms with Gasteiger partial charge in [-0.2, -0.15) is 0 Å². The number of nitrogens with zero attached hydrogens (tertiary/aromatic N) is 2. The highest BCUT2D eigenvalue weighted by Gasteiger charge is 2.25. The molecular formula is C11H8ClN3O4. The third-order valence-corrected chi connectivity index (χ3v) is 2.48. The van der Waals surface area contributed by atoms with E-state index in [2.05, 4.69) is 15.5 Å². The Morgan fingerprint density at radius 1 is 1.42 bits per heavy atom. The molecule has 0 aliphatic carbocycles. The number of aryl methyl sites for hydroxylation is 1. The molecule has 0 atom stereocenters. The molecule has 7 nitrogen and oxygen atoms in total. The lowest BCUT2D eigenvalue weighted by Gasteiger charge is -2.02. The van der Waals surface area contributed by atoms with Crippen molar-refractivity contribution in [3.05, 3.63) is 40.4 Å². The lowest BCUT2D eigenvalue weighted by molar-refractivity contribution is 0.0691. The molecule has 0 bridgehead atoms. The molecule has 1 amide bonds. The van der Waals surface area contributed by atoms with Gasteiger partial charge in [-0.05, 0) is 19.1 Å². The molecule has 2 N–H and O–H groups in total. The topological polar surface area (TPSA) is 105 Å². The predicted molar refractivity (Wildman–Crippen MR) is 65.4 cm³/mol. The van der Waals surface area contributed by atoms with Crippen LogP contribution in [0.2, 0.25) is 5.02 Å². The number of aromatic carboxylic acids is 1. The first-order chi connectivity index (χ1) is 8.99. The zero-order chi connectivity index (χ0) is 14.0. The zero-order valence-corrected chi connectivity index (χ0v) is 10.4. The fourth-order valence-corrected chi connectivity index (χ4v) is 1.52. The number of rotatable bonds is 3. The SMILES string of the molecule is Cc1onc(C(=O)Nc2ccc(Cl)cn2)c1C(=O)O. The maximum absolute atomic E-state index is 11.9. The number of anilines is 1. The number of amides is 1. The van der Waals surface area contributed by atoms with Crippen LogP contribution in [0.15, 0.2) is 22.9 Å². The van der Waals surface area contributed by atoms with Gasteiger partial charge in [0, 0.05) is 6.20 Å². The third-order valence-electron chi connectivity index (χ3n) is 2.26. The van der Waals surface area contributed by atoms with Crippen molar-refractivity contribution in [1.82, 2.24) is 10.1 Å². The maximum Gasteiger partial charge on any atom is 0.341 e. The number of carboxylic acids is 1. The number of hydrogen-bond donors (Lipinski definition) is 2. The van der Waals surface area contributed by atoms with Gasteiger partial charge in [-0.3, -0.25) is 4.79 Å². The van der Waals surface area contributed by atoms with Gasteiger partial charge in [0.05, 0.1) is 5.02 Å². The van der Waals surface area contributed by atoms with E-state index in [1.165, 1.54) is 25.3 Å². The summed E-state index contributed by atoms with van der Waals surface area (Å²) in [7, 11) is 0. The van der Waals surface area contributed by atoms with Crippen molar-refractivity contribution < 1.29 is 19.2 Å². The molecule has 2 aromatic rings. The largest absolute Gasteiger partial charge is 0.477 e. The Balaban J connectivity index is 2.25. The summed E-state index contributed by atoms with van der Waals surface area (Å²) in [5.74, 6) is -1.72. The standard InChI is InChI=1S/C11H8ClN3O4/c1-5-8(11(17)18)9(15-19-5)10(16)14-7-3-2-6(12)4-13-7/h2-4H,1H3,(H,17,18)(H,13,14,16). The van der Waals surface area contributed by atoms with Crippen molar-refractivity contribution in [2.75, 3.05) is 5.32 Å². The minimum Gasteiger partial charge on any atom is -0.477 e. The monoisotopic (exact) mass is 281 g/mol. The number of carboxylic acid groups (broad SMARTS) is 1. The van der Waals surface area contributed by atoms with E-state index in [9.17, 15) is 9.59 Å². The van der Waals surface area contributed by atoms with Crippen molar-refractivity contribution in [1.29, 1.82) is 0 Å². The number of hydrogen-bond acceptors (Lipinski definition) is 5. The number of halogens is 1. The molecule has 0 saturated heterocycles. The maximum atomic E-state index is 11.9. The molecule has 98 valence electrons. The van der Waals surface area contributed by atoms with Crippen LogP contribution in [0, 0.1) is 6.92 Å². The van der Waals surface area contributed by atoms with E-state index < -0.39 is 11.9 Å². The van der Waals surface area contributed by atoms with Crippen molar-refractivity contribution in [2.45, 2.75) is 6.92 Å². The van der Waals surface area contributed by atoms with E-state index >= 15 is 0 Å². The minimum absolute atomic E-state index is 0.0571. The highest BCUT2D eigenvalue weighted by Crippen LogP contribution is 2.15. The van der Waals surface area contributed by atoms with E-state index in [1.54, 1.807) is 0 Å². The highest BCUT2D eigenvalue weighted by molar-refractivity contribution is 6.30. The van der Waals surface area contributed by atoms with Crippen molar-refractivity contribution in [2.24, 2.45) is 0 Å². The summed E-state index contributed by atoms with van der Waals surface area (Å²) in [5, 5.41) is 15.2. The second kappa shape index (κ2) is 5.07. The Morgan fingerprint density at radius 3 is 2.74 bits per heavy atom. The van der Waals surface area contributed by atoms with Gasteiger partial charge in [0.2, 0.25) is 0 Å². The molecule has 0 aliphatic heterocycles. The Kier molecular flexibility index (Phi) is 3.48. The first-order valence-electron chi connectivity index (χ1n) is 5.11. The Labute approximate surface area is 112 Å². The van der Waals surface area contributed by atoms with Crippen molar-refractivity contribution in [3.8, 4) is 0 Å². The van der Waals surface area contributed by atoms with Gasteiger partial charge in [0.25, 0.3) is 5.91 Å². The van der Waals surface area contributed by atoms with Crippen LogP contribution in [0.5, 0.6) is 0 Å². The van der Waals surface area contributed by atoms with Crippen LogP contribution in [0.25, 0.3) is 0 Å². The molecule has 0 radical (unpaired) electrons. The smallest absolute Gasteiger partial charge is 0.341 e. The fourth-order valence-electron chi connectivity index (χ4n) is 1.40. The van der Waals surface area contributed by atoms with Crippen LogP contribution in [0.3, 0.4) is 0 Å². The third kappa shape index (κ3) is 2.71. The van der Waals surface area contributed by atoms with E-state index in [0.29, 0.717) is 5.02 Å². The number of carbonyl (C=O) groups excluding carboxylic acids is 1. The second-order valence-electron chi connectivity index (χ2n) is 3.58. The Hall–Kier alpha value is -2.41. The number of nitrogens with one attached hydrogen (secondary N) is 1. The number of pyridine rings is 1. The highest BCUT2D eigenvalue weighted by atomic mass is 35.5. The molecule has 0 saturated carbocycles. The van der Waals surface area contributed by atoms with Crippen LogP contribution in [0.1, 0.15) is 26.6 Å².